The molecule has 129 heavy (non-hydrogen) atoms. The second-order valence-electron chi connectivity index (χ2n) is 40.9. The molecule has 18 N–H and O–H groups in total. The van der Waals surface area contributed by atoms with Crippen LogP contribution in [-0.4, -0.2) is 321 Å². The molecule has 4 saturated carbocycles. The van der Waals surface area contributed by atoms with E-state index in [9.17, 15) is 102 Å². The minimum Gasteiger partial charge on any atom is -0.463 e. The van der Waals surface area contributed by atoms with Gasteiger partial charge in [-0.2, -0.15) is 0 Å². The van der Waals surface area contributed by atoms with E-state index in [-0.39, 0.29) is 73.6 Å². The van der Waals surface area contributed by atoms with Crippen molar-refractivity contribution in [3.05, 3.63) is 24.3 Å². The highest BCUT2D eigenvalue weighted by Gasteiger charge is 2.72. The fraction of sp³-hybridized carbons (Fsp3) is 0.906. The van der Waals surface area contributed by atoms with Crippen molar-refractivity contribution >= 4 is 17.9 Å². The Bertz CT molecular complexity index is 3430. The van der Waals surface area contributed by atoms with Gasteiger partial charge < -0.3 is 149 Å². The molecule has 9 fully saturated rings. The topological polar surface area (TPSA) is 526 Å². The summed E-state index contributed by atoms with van der Waals surface area (Å²) in [6.45, 7) is 23.5. The zero-order chi connectivity index (χ0) is 95.3. The molecule has 5 saturated heterocycles. The summed E-state index contributed by atoms with van der Waals surface area (Å²) in [6, 6.07) is 0. The Hall–Kier alpha value is -3.63. The summed E-state index contributed by atoms with van der Waals surface area (Å²) in [4.78, 5) is 36.6. The largest absolute Gasteiger partial charge is 0.463 e. The normalized spacial score (nSPS) is 40.3. The lowest BCUT2D eigenvalue weighted by Gasteiger charge is -2.71. The Morgan fingerprint density at radius 1 is 0.512 bits per heavy atom. The van der Waals surface area contributed by atoms with Gasteiger partial charge in [-0.25, -0.2) is 0 Å². The van der Waals surface area contributed by atoms with E-state index in [0.717, 1.165) is 69.8 Å². The monoisotopic (exact) mass is 1850 g/mol. The number of ether oxygens (including phenoxy) is 12. The van der Waals surface area contributed by atoms with Gasteiger partial charge in [-0.3, -0.25) is 14.4 Å². The van der Waals surface area contributed by atoms with Gasteiger partial charge in [0.25, 0.3) is 0 Å². The summed E-state index contributed by atoms with van der Waals surface area (Å²) in [5.74, 6) is 0.854. The third-order valence-electron chi connectivity index (χ3n) is 30.5. The van der Waals surface area contributed by atoms with Gasteiger partial charge in [0, 0.05) is 33.1 Å². The molecular formula is C96H164O33. The minimum atomic E-state index is -1.93. The number of fused-ring (bicyclic) bond motifs is 7. The van der Waals surface area contributed by atoms with Gasteiger partial charge in [0.2, 0.25) is 6.29 Å². The first kappa shape index (κ1) is 111. The average molecular weight is 1850 g/mol. The van der Waals surface area contributed by atoms with Crippen molar-refractivity contribution in [3.63, 3.8) is 0 Å². The van der Waals surface area contributed by atoms with Crippen molar-refractivity contribution in [1.82, 2.24) is 0 Å². The van der Waals surface area contributed by atoms with Crippen LogP contribution < -0.4 is 0 Å². The van der Waals surface area contributed by atoms with Crippen molar-refractivity contribution in [2.24, 2.45) is 50.2 Å². The molecule has 0 aromatic rings. The fourth-order valence-corrected chi connectivity index (χ4v) is 22.7. The number of rotatable bonds is 42. The molecular weight excluding hydrogens is 1680 g/mol. The van der Waals surface area contributed by atoms with E-state index in [4.69, 9.17) is 63.3 Å². The molecule has 36 unspecified atom stereocenters. The van der Waals surface area contributed by atoms with E-state index in [0.29, 0.717) is 38.5 Å². The van der Waals surface area contributed by atoms with Gasteiger partial charge >= 0.3 is 17.9 Å². The second-order valence-corrected chi connectivity index (χ2v) is 40.9. The predicted octanol–water partition coefficient (Wildman–Crippen LogP) is 5.82. The van der Waals surface area contributed by atoms with Gasteiger partial charge in [-0.05, 0) is 149 Å². The highest BCUT2D eigenvalue weighted by atomic mass is 16.8. The van der Waals surface area contributed by atoms with Crippen LogP contribution in [0.15, 0.2) is 24.3 Å². The molecule has 36 atom stereocenters. The molecule has 746 valence electrons. The number of aliphatic hydroxyl groups is 18. The summed E-state index contributed by atoms with van der Waals surface area (Å²) in [5, 5.41) is 191. The smallest absolute Gasteiger partial charge is 0.317 e. The first-order valence-corrected chi connectivity index (χ1v) is 48.1. The van der Waals surface area contributed by atoms with E-state index in [1.165, 1.54) is 104 Å². The first-order chi connectivity index (χ1) is 60.9. The molecule has 5 aliphatic carbocycles. The lowest BCUT2D eigenvalue weighted by molar-refractivity contribution is -0.374. The van der Waals surface area contributed by atoms with Crippen LogP contribution >= 0.6 is 0 Å². The highest BCUT2D eigenvalue weighted by Crippen LogP contribution is 2.76. The number of carbonyl (C=O) groups excluding carboxylic acids is 3. The summed E-state index contributed by atoms with van der Waals surface area (Å²) in [6.07, 6.45) is 1.31. The van der Waals surface area contributed by atoms with Crippen LogP contribution in [0.4, 0.5) is 0 Å². The zero-order valence-corrected chi connectivity index (χ0v) is 78.5. The quantitative estimate of drug-likeness (QED) is 0.00855. The highest BCUT2D eigenvalue weighted by molar-refractivity contribution is 5.80. The summed E-state index contributed by atoms with van der Waals surface area (Å²) in [7, 11) is 0. The van der Waals surface area contributed by atoms with E-state index in [2.05, 4.69) is 67.0 Å². The minimum absolute atomic E-state index is 0.0286. The predicted molar refractivity (Wildman–Crippen MR) is 469 cm³/mol. The van der Waals surface area contributed by atoms with Gasteiger partial charge in [0.05, 0.1) is 68.7 Å². The third-order valence-corrected chi connectivity index (χ3v) is 30.5. The number of hydrogen-bond donors (Lipinski definition) is 18. The number of allylic oxidation sites excluding steroid dienone is 3. The van der Waals surface area contributed by atoms with Crippen molar-refractivity contribution in [2.75, 3.05) is 33.0 Å². The van der Waals surface area contributed by atoms with Crippen LogP contribution in [0.2, 0.25) is 0 Å². The maximum atomic E-state index is 15.4. The lowest BCUT2D eigenvalue weighted by Crippen LogP contribution is -2.68. The number of carbonyl (C=O) groups is 3. The van der Waals surface area contributed by atoms with Crippen molar-refractivity contribution in [3.8, 4) is 12.3 Å². The Balaban J connectivity index is 0.000000365. The first-order valence-electron chi connectivity index (χ1n) is 48.1. The summed E-state index contributed by atoms with van der Waals surface area (Å²) in [5.41, 5.74) is -2.28. The zero-order valence-electron chi connectivity index (χ0n) is 78.5. The lowest BCUT2D eigenvalue weighted by atomic mass is 9.33. The Morgan fingerprint density at radius 3 is 1.50 bits per heavy atom. The molecule has 0 aromatic heterocycles. The van der Waals surface area contributed by atoms with Crippen molar-refractivity contribution < 1.29 is 163 Å². The van der Waals surface area contributed by atoms with Crippen molar-refractivity contribution in [1.29, 1.82) is 0 Å². The Morgan fingerprint density at radius 2 is 0.977 bits per heavy atom. The number of hydrogen-bond acceptors (Lipinski definition) is 33. The number of unbranched alkanes of at least 4 members (excludes halogenated alkanes) is 18. The molecule has 5 heterocycles. The molecule has 0 radical (unpaired) electrons. The van der Waals surface area contributed by atoms with Crippen molar-refractivity contribution in [2.45, 2.75) is 466 Å². The van der Waals surface area contributed by atoms with Gasteiger partial charge in [0.15, 0.2) is 31.3 Å². The van der Waals surface area contributed by atoms with Crippen LogP contribution in [-0.2, 0) is 71.2 Å². The molecule has 33 nitrogen and oxygen atoms in total. The van der Waals surface area contributed by atoms with Crippen LogP contribution in [0.25, 0.3) is 0 Å². The van der Waals surface area contributed by atoms with E-state index < -0.39 is 231 Å². The molecule has 5 aliphatic heterocycles. The summed E-state index contributed by atoms with van der Waals surface area (Å²) < 4.78 is 69.0. The van der Waals surface area contributed by atoms with Crippen LogP contribution in [0.3, 0.4) is 0 Å². The van der Waals surface area contributed by atoms with Crippen LogP contribution in [0, 0.1) is 62.6 Å². The standard InChI is InChI=1S/C58H94O25.C19H36O4.C19H34O4/c1-23-44(80-47-40(69)34(63)27(60)21-74-47)38(67)42(71)48(76-23)79-33-13-14-55(7)30(54(33,5)6)12-15-56(8)31(55)11-10-25-26-18-53(3,4)16-17-58(26,32(62)19-57(25,56)9)52(73)83-51-46(35(64)28(61)22-75-51)82-49-43(72)39(68)45(24(2)77-49)81-50-41(70)37(66)36(65)29(20-59)78-50;2*1-3-4-5-6-7-8-9-10-11-12-13-14-18(21)15-19(22)16-23-17(2)20/h10,23-24,26-51,59-72H,11-22H2,1-9H3;3,18-19,21-22H,1,4-16H2,2H3;1,18-19,21-22H,4-16H2,2H3. The molecule has 0 amide bonds. The van der Waals surface area contributed by atoms with E-state index in [1.807, 2.05) is 6.08 Å². The molecule has 0 aromatic carbocycles. The second kappa shape index (κ2) is 50.6. The fourth-order valence-electron chi connectivity index (χ4n) is 22.7. The Labute approximate surface area is 763 Å². The maximum absolute atomic E-state index is 15.4. The number of terminal acetylenes is 1. The SMILES string of the molecule is C#CCCCCCCCCCCCC(O)CC(O)COC(C)=O.C=CCCCCCCCCCCCC(O)CC(O)COC(C)=O.CC1OC(OC2CCC3(C)C(CCC4(C)C3CC=C3C5CC(C)(C)CCC5(C(=O)OC5OCC(O)C(O)C5OC5OC(C)C(OC6OC(CO)C(O)C(O)C6O)C(O)C5O)C(O)CC34C)C2(C)C)C(O)C(O)C1OC1OCC(O)C(O)C1O. The number of aliphatic hydroxyl groups excluding tert-OH is 18. The maximum Gasteiger partial charge on any atom is 0.317 e. The molecule has 0 spiro atoms. The van der Waals surface area contributed by atoms with Gasteiger partial charge in [-0.1, -0.05) is 169 Å². The number of esters is 3. The van der Waals surface area contributed by atoms with Gasteiger partial charge in [0.1, 0.15) is 110 Å². The molecule has 0 bridgehead atoms. The van der Waals surface area contributed by atoms with E-state index in [1.54, 1.807) is 6.92 Å². The van der Waals surface area contributed by atoms with Gasteiger partial charge in [-0.15, -0.1) is 18.9 Å². The summed E-state index contributed by atoms with van der Waals surface area (Å²) >= 11 is 0. The molecule has 10 aliphatic rings. The third kappa shape index (κ3) is 28.1. The van der Waals surface area contributed by atoms with Crippen LogP contribution in [0.5, 0.6) is 0 Å². The Kier molecular flexibility index (Phi) is 43.4. The molecule has 10 rings (SSSR count). The molecule has 33 heteroatoms. The van der Waals surface area contributed by atoms with E-state index >= 15 is 4.79 Å². The average Bonchev–Trinajstić information content (AvgIpc) is 0.669. The van der Waals surface area contributed by atoms with Crippen LogP contribution in [0.1, 0.15) is 288 Å².